The first-order chi connectivity index (χ1) is 14.4. The predicted octanol–water partition coefficient (Wildman–Crippen LogP) is 1.48. The molecule has 12 heteroatoms. The zero-order valence-electron chi connectivity index (χ0n) is 17.2. The zero-order valence-corrected chi connectivity index (χ0v) is 17.2. The Labute approximate surface area is 177 Å². The molecule has 0 radical (unpaired) electrons. The number of amides is 1. The molecule has 1 amide bonds. The molecule has 3 heterocycles. The van der Waals surface area contributed by atoms with Gasteiger partial charge < -0.3 is 25.8 Å². The van der Waals surface area contributed by atoms with E-state index in [1.807, 2.05) is 24.1 Å². The molecule has 31 heavy (non-hydrogen) atoms. The van der Waals surface area contributed by atoms with Gasteiger partial charge in [-0.25, -0.2) is 0 Å². The topological polar surface area (TPSA) is 137 Å². The molecule has 1 atom stereocenters. The Morgan fingerprint density at radius 3 is 2.52 bits per heavy atom. The van der Waals surface area contributed by atoms with Crippen LogP contribution in [0.5, 0.6) is 5.88 Å². The monoisotopic (exact) mass is 442 g/mol. The van der Waals surface area contributed by atoms with Gasteiger partial charge in [0.05, 0.1) is 18.1 Å². The number of piperidine rings is 2. The molecule has 1 aromatic heterocycles. The third-order valence-corrected chi connectivity index (χ3v) is 5.34. The number of carbonyl (C=O) groups is 1. The molecule has 2 aliphatic heterocycles. The Balaban J connectivity index is 1.76. The third-order valence-electron chi connectivity index (χ3n) is 5.34. The minimum absolute atomic E-state index is 0.0365. The predicted molar refractivity (Wildman–Crippen MR) is 105 cm³/mol. The fraction of sp³-hybridized carbons (Fsp3) is 0.579. The summed E-state index contributed by atoms with van der Waals surface area (Å²) in [7, 11) is 0. The van der Waals surface area contributed by atoms with E-state index in [2.05, 4.69) is 10.2 Å². The number of rotatable bonds is 4. The highest BCUT2D eigenvalue weighted by molar-refractivity contribution is 6.11. The van der Waals surface area contributed by atoms with Gasteiger partial charge in [-0.1, -0.05) is 0 Å². The highest BCUT2D eigenvalue weighted by atomic mass is 19.4. The van der Waals surface area contributed by atoms with Crippen LogP contribution in [0.15, 0.2) is 23.4 Å². The smallest absolute Gasteiger partial charge is 0.422 e. The molecular weight excluding hydrogens is 417 g/mol. The number of carbonyl (C=O) groups excluding carboxylic acids is 1. The van der Waals surface area contributed by atoms with Gasteiger partial charge in [0, 0.05) is 30.8 Å². The number of hydrogen-bond donors (Lipinski definition) is 4. The Morgan fingerprint density at radius 1 is 1.35 bits per heavy atom. The lowest BCUT2D eigenvalue weighted by Gasteiger charge is -2.39. The second-order valence-corrected chi connectivity index (χ2v) is 7.95. The molecule has 0 saturated carbocycles. The molecule has 0 aliphatic carbocycles. The van der Waals surface area contributed by atoms with E-state index in [0.29, 0.717) is 37.6 Å². The maximum absolute atomic E-state index is 13.6. The Kier molecular flexibility index (Phi) is 6.12. The molecule has 3 rings (SSSR count). The summed E-state index contributed by atoms with van der Waals surface area (Å²) in [4.78, 5) is 13.5. The van der Waals surface area contributed by atoms with Crippen LogP contribution in [-0.2, 0) is 4.79 Å². The summed E-state index contributed by atoms with van der Waals surface area (Å²) in [5.74, 6) is -1.40. The van der Waals surface area contributed by atoms with Crippen LogP contribution in [0.2, 0.25) is 0 Å². The van der Waals surface area contributed by atoms with E-state index in [0.717, 1.165) is 0 Å². The molecule has 170 valence electrons. The standard InChI is InChI=1S/C19H25F3N6O3/c1-10(2)31-14-4-3-12(26-27-14)28-7-5-11(6-8-28)16(23)15-17(24)25-13(29)9-18(15,30)19(20,21)22/h3-4,10-11,30H,5-9,23H2,1-2H3,(H2,24,25,29)/t18-/m0/s1. The van der Waals surface area contributed by atoms with E-state index in [9.17, 15) is 23.1 Å². The van der Waals surface area contributed by atoms with Crippen molar-refractivity contribution in [2.45, 2.75) is 51.0 Å². The number of hydrogen-bond acceptors (Lipinski definition) is 8. The Bertz CT molecular complexity index is 879. The number of nitrogens with two attached hydrogens (primary N) is 1. The summed E-state index contributed by atoms with van der Waals surface area (Å²) in [6.07, 6.45) is -5.64. The normalized spacial score (nSPS) is 24.9. The number of allylic oxidation sites excluding steroid dienone is 1. The fourth-order valence-electron chi connectivity index (χ4n) is 3.81. The minimum Gasteiger partial charge on any atom is -0.474 e. The van der Waals surface area contributed by atoms with Crippen LogP contribution in [0.4, 0.5) is 19.0 Å². The second kappa shape index (κ2) is 8.33. The molecule has 0 spiro atoms. The number of aromatic nitrogens is 2. The fourth-order valence-corrected chi connectivity index (χ4v) is 3.81. The molecule has 2 aliphatic rings. The van der Waals surface area contributed by atoms with Gasteiger partial charge in [0.15, 0.2) is 11.4 Å². The van der Waals surface area contributed by atoms with E-state index in [4.69, 9.17) is 15.9 Å². The number of aliphatic hydroxyl groups is 1. The van der Waals surface area contributed by atoms with Crippen molar-refractivity contribution < 1.29 is 27.8 Å². The Hall–Kier alpha value is -2.89. The molecule has 2 fully saturated rings. The summed E-state index contributed by atoms with van der Waals surface area (Å²) in [5, 5.41) is 28.3. The van der Waals surface area contributed by atoms with Gasteiger partial charge in [-0.2, -0.15) is 13.2 Å². The van der Waals surface area contributed by atoms with Crippen LogP contribution in [0, 0.1) is 11.3 Å². The highest BCUT2D eigenvalue weighted by Crippen LogP contribution is 2.43. The average molecular weight is 442 g/mol. The minimum atomic E-state index is -5.15. The van der Waals surface area contributed by atoms with Crippen LogP contribution < -0.4 is 20.7 Å². The van der Waals surface area contributed by atoms with Crippen molar-refractivity contribution in [3.05, 3.63) is 23.4 Å². The van der Waals surface area contributed by atoms with Gasteiger partial charge in [0.2, 0.25) is 11.8 Å². The third kappa shape index (κ3) is 4.58. The number of nitrogens with zero attached hydrogens (tertiary/aromatic N) is 3. The summed E-state index contributed by atoms with van der Waals surface area (Å²) < 4.78 is 46.2. The van der Waals surface area contributed by atoms with Crippen molar-refractivity contribution in [1.29, 1.82) is 5.41 Å². The zero-order chi connectivity index (χ0) is 23.0. The molecule has 0 bridgehead atoms. The summed E-state index contributed by atoms with van der Waals surface area (Å²) >= 11 is 0. The maximum Gasteiger partial charge on any atom is 0.422 e. The molecule has 9 nitrogen and oxygen atoms in total. The first kappa shape index (κ1) is 22.8. The van der Waals surface area contributed by atoms with Gasteiger partial charge in [-0.05, 0) is 32.8 Å². The van der Waals surface area contributed by atoms with Crippen molar-refractivity contribution in [3.8, 4) is 5.88 Å². The van der Waals surface area contributed by atoms with Crippen LogP contribution in [-0.4, -0.2) is 58.0 Å². The quantitative estimate of drug-likeness (QED) is 0.554. The van der Waals surface area contributed by atoms with Crippen molar-refractivity contribution >= 4 is 17.6 Å². The maximum atomic E-state index is 13.6. The van der Waals surface area contributed by atoms with Crippen molar-refractivity contribution in [1.82, 2.24) is 15.5 Å². The first-order valence-corrected chi connectivity index (χ1v) is 9.85. The van der Waals surface area contributed by atoms with Crippen molar-refractivity contribution in [2.24, 2.45) is 11.7 Å². The summed E-state index contributed by atoms with van der Waals surface area (Å²) in [5.41, 5.74) is 1.57. The van der Waals surface area contributed by atoms with Crippen LogP contribution in [0.1, 0.15) is 33.1 Å². The van der Waals surface area contributed by atoms with Gasteiger partial charge in [0.25, 0.3) is 0 Å². The lowest BCUT2D eigenvalue weighted by molar-refractivity contribution is -0.244. The van der Waals surface area contributed by atoms with E-state index in [-0.39, 0.29) is 11.8 Å². The number of ether oxygens (including phenoxy) is 1. The lowest BCUT2D eigenvalue weighted by Crippen LogP contribution is -2.59. The van der Waals surface area contributed by atoms with Crippen LogP contribution in [0.25, 0.3) is 0 Å². The first-order valence-electron chi connectivity index (χ1n) is 9.85. The summed E-state index contributed by atoms with van der Waals surface area (Å²) in [6.45, 7) is 4.64. The van der Waals surface area contributed by atoms with Crippen molar-refractivity contribution in [2.75, 3.05) is 18.0 Å². The Morgan fingerprint density at radius 2 is 2.00 bits per heavy atom. The number of alkyl halides is 3. The van der Waals surface area contributed by atoms with Gasteiger partial charge in [-0.3, -0.25) is 10.2 Å². The van der Waals surface area contributed by atoms with Crippen molar-refractivity contribution in [3.63, 3.8) is 0 Å². The van der Waals surface area contributed by atoms with Gasteiger partial charge >= 0.3 is 6.18 Å². The molecule has 2 saturated heterocycles. The number of halogens is 3. The lowest BCUT2D eigenvalue weighted by atomic mass is 9.79. The van der Waals surface area contributed by atoms with Gasteiger partial charge in [-0.15, -0.1) is 10.2 Å². The number of amidine groups is 1. The van der Waals surface area contributed by atoms with E-state index >= 15 is 0 Å². The highest BCUT2D eigenvalue weighted by Gasteiger charge is 2.61. The molecule has 5 N–H and O–H groups in total. The average Bonchev–Trinajstić information content (AvgIpc) is 2.66. The second-order valence-electron chi connectivity index (χ2n) is 7.95. The van der Waals surface area contributed by atoms with Crippen LogP contribution in [0.3, 0.4) is 0 Å². The largest absolute Gasteiger partial charge is 0.474 e. The number of anilines is 1. The molecule has 0 aromatic carbocycles. The molecule has 1 aromatic rings. The summed E-state index contributed by atoms with van der Waals surface area (Å²) in [6, 6.07) is 3.45. The SMILES string of the molecule is CC(C)Oc1ccc(N2CCC(C(N)=C3C(=N)NC(=O)C[C@@]3(O)C(F)(F)F)CC2)nn1. The molecule has 0 unspecified atom stereocenters. The van der Waals surface area contributed by atoms with E-state index in [1.54, 1.807) is 12.1 Å². The number of nitrogens with one attached hydrogen (secondary N) is 2. The molecular formula is C19H25F3N6O3. The van der Waals surface area contributed by atoms with E-state index in [1.165, 1.54) is 0 Å². The van der Waals surface area contributed by atoms with Gasteiger partial charge in [0.1, 0.15) is 5.84 Å². The van der Waals surface area contributed by atoms with Crippen LogP contribution >= 0.6 is 0 Å². The van der Waals surface area contributed by atoms with E-state index < -0.39 is 41.4 Å².